The zero-order chi connectivity index (χ0) is 16.3. The monoisotopic (exact) mass is 318 g/mol. The van der Waals surface area contributed by atoms with Crippen LogP contribution in [0.4, 0.5) is 0 Å². The Morgan fingerprint density at radius 1 is 1.33 bits per heavy atom. The maximum Gasteiger partial charge on any atom is 0.237 e. The van der Waals surface area contributed by atoms with E-state index in [1.54, 1.807) is 20.9 Å². The van der Waals surface area contributed by atoms with E-state index in [-0.39, 0.29) is 29.4 Å². The molecule has 0 radical (unpaired) electrons. The molecule has 1 rings (SSSR count). The van der Waals surface area contributed by atoms with Crippen LogP contribution in [0.5, 0.6) is 0 Å². The lowest BCUT2D eigenvalue weighted by Crippen LogP contribution is -2.51. The second-order valence-corrected chi connectivity index (χ2v) is 8.44. The van der Waals surface area contributed by atoms with Crippen LogP contribution in [-0.4, -0.2) is 56.3 Å². The smallest absolute Gasteiger partial charge is 0.237 e. The standard InChI is InChI=1S/C14H26N2O4S/c1-5-6-8-15-12(17)14(2,3)13(18)16(4)11-7-9-21(19,20)10-11/h11H,5-10H2,1-4H3,(H,15,17). The average molecular weight is 318 g/mol. The Labute approximate surface area is 127 Å². The molecular formula is C14H26N2O4S. The van der Waals surface area contributed by atoms with Gasteiger partial charge in [-0.1, -0.05) is 13.3 Å². The highest BCUT2D eigenvalue weighted by Gasteiger charge is 2.42. The summed E-state index contributed by atoms with van der Waals surface area (Å²) in [6.45, 7) is 5.73. The van der Waals surface area contributed by atoms with Gasteiger partial charge in [0.25, 0.3) is 0 Å². The van der Waals surface area contributed by atoms with Crippen LogP contribution in [0.3, 0.4) is 0 Å². The first-order valence-electron chi connectivity index (χ1n) is 7.38. The van der Waals surface area contributed by atoms with Crippen molar-refractivity contribution in [1.29, 1.82) is 0 Å². The number of sulfone groups is 1. The van der Waals surface area contributed by atoms with Crippen molar-refractivity contribution < 1.29 is 18.0 Å². The van der Waals surface area contributed by atoms with Gasteiger partial charge in [-0.05, 0) is 26.7 Å². The Balaban J connectivity index is 2.69. The van der Waals surface area contributed by atoms with E-state index in [9.17, 15) is 18.0 Å². The molecule has 0 bridgehead atoms. The molecule has 1 aliphatic heterocycles. The Morgan fingerprint density at radius 2 is 1.95 bits per heavy atom. The first-order chi connectivity index (χ1) is 9.62. The van der Waals surface area contributed by atoms with Crippen molar-refractivity contribution in [3.8, 4) is 0 Å². The molecule has 0 aromatic carbocycles. The van der Waals surface area contributed by atoms with Crippen LogP contribution in [-0.2, 0) is 19.4 Å². The van der Waals surface area contributed by atoms with Crippen LogP contribution in [0.15, 0.2) is 0 Å². The van der Waals surface area contributed by atoms with Gasteiger partial charge in [0, 0.05) is 19.6 Å². The molecule has 1 atom stereocenters. The molecule has 1 heterocycles. The summed E-state index contributed by atoms with van der Waals surface area (Å²) >= 11 is 0. The van der Waals surface area contributed by atoms with Gasteiger partial charge >= 0.3 is 0 Å². The first kappa shape index (κ1) is 17.9. The van der Waals surface area contributed by atoms with Crippen LogP contribution in [0.2, 0.25) is 0 Å². The molecule has 2 amide bonds. The summed E-state index contributed by atoms with van der Waals surface area (Å²) in [6, 6.07) is -0.329. The fourth-order valence-electron chi connectivity index (χ4n) is 2.38. The minimum absolute atomic E-state index is 0.0111. The molecule has 0 aromatic heterocycles. The molecule has 6 nitrogen and oxygen atoms in total. The Morgan fingerprint density at radius 3 is 2.43 bits per heavy atom. The molecule has 7 heteroatoms. The summed E-state index contributed by atoms with van der Waals surface area (Å²) in [6.07, 6.45) is 2.28. The third-order valence-corrected chi connectivity index (χ3v) is 5.75. The van der Waals surface area contributed by atoms with Crippen LogP contribution < -0.4 is 5.32 Å². The van der Waals surface area contributed by atoms with E-state index in [4.69, 9.17) is 0 Å². The van der Waals surface area contributed by atoms with Gasteiger partial charge < -0.3 is 10.2 Å². The lowest BCUT2D eigenvalue weighted by Gasteiger charge is -2.31. The van der Waals surface area contributed by atoms with Gasteiger partial charge in [-0.3, -0.25) is 9.59 Å². The zero-order valence-electron chi connectivity index (χ0n) is 13.3. The summed E-state index contributed by atoms with van der Waals surface area (Å²) in [5, 5.41) is 2.76. The summed E-state index contributed by atoms with van der Waals surface area (Å²) < 4.78 is 23.0. The predicted octanol–water partition coefficient (Wildman–Crippen LogP) is 0.574. The fourth-order valence-corrected chi connectivity index (χ4v) is 4.16. The molecule has 1 saturated heterocycles. The number of rotatable bonds is 6. The Hall–Kier alpha value is -1.11. The second-order valence-electron chi connectivity index (χ2n) is 6.21. The van der Waals surface area contributed by atoms with Crippen molar-refractivity contribution in [2.24, 2.45) is 5.41 Å². The summed E-state index contributed by atoms with van der Waals surface area (Å²) in [7, 11) is -1.47. The van der Waals surface area contributed by atoms with Gasteiger partial charge in [-0.25, -0.2) is 8.42 Å². The van der Waals surface area contributed by atoms with Gasteiger partial charge in [-0.15, -0.1) is 0 Å². The molecule has 122 valence electrons. The number of nitrogens with one attached hydrogen (secondary N) is 1. The number of nitrogens with zero attached hydrogens (tertiary/aromatic N) is 1. The van der Waals surface area contributed by atoms with Crippen molar-refractivity contribution in [2.45, 2.75) is 46.1 Å². The van der Waals surface area contributed by atoms with Crippen molar-refractivity contribution in [3.63, 3.8) is 0 Å². The largest absolute Gasteiger partial charge is 0.355 e. The lowest BCUT2D eigenvalue weighted by molar-refractivity contribution is -0.148. The minimum Gasteiger partial charge on any atom is -0.355 e. The van der Waals surface area contributed by atoms with Crippen LogP contribution in [0.1, 0.15) is 40.0 Å². The first-order valence-corrected chi connectivity index (χ1v) is 9.20. The molecule has 0 aliphatic carbocycles. The molecule has 0 saturated carbocycles. The fraction of sp³-hybridized carbons (Fsp3) is 0.857. The van der Waals surface area contributed by atoms with E-state index < -0.39 is 15.3 Å². The Kier molecular flexibility index (Phi) is 5.78. The number of hydrogen-bond acceptors (Lipinski definition) is 4. The maximum absolute atomic E-state index is 12.5. The van der Waals surface area contributed by atoms with Gasteiger partial charge in [0.15, 0.2) is 9.84 Å². The minimum atomic E-state index is -3.05. The molecule has 1 aliphatic rings. The summed E-state index contributed by atoms with van der Waals surface area (Å²) in [5.74, 6) is -0.548. The van der Waals surface area contributed by atoms with E-state index in [1.165, 1.54) is 4.90 Å². The van der Waals surface area contributed by atoms with Gasteiger partial charge in [0.1, 0.15) is 5.41 Å². The quantitative estimate of drug-likeness (QED) is 0.573. The predicted molar refractivity (Wildman–Crippen MR) is 81.5 cm³/mol. The molecular weight excluding hydrogens is 292 g/mol. The van der Waals surface area contributed by atoms with Crippen LogP contribution >= 0.6 is 0 Å². The van der Waals surface area contributed by atoms with E-state index in [1.807, 2.05) is 6.92 Å². The highest BCUT2D eigenvalue weighted by molar-refractivity contribution is 7.91. The van der Waals surface area contributed by atoms with E-state index in [2.05, 4.69) is 5.32 Å². The highest BCUT2D eigenvalue weighted by atomic mass is 32.2. The van der Waals surface area contributed by atoms with Crippen molar-refractivity contribution in [2.75, 3.05) is 25.1 Å². The SMILES string of the molecule is CCCCNC(=O)C(C)(C)C(=O)N(C)C1CCS(=O)(=O)C1. The number of amides is 2. The third-order valence-electron chi connectivity index (χ3n) is 3.99. The lowest BCUT2D eigenvalue weighted by atomic mass is 9.89. The number of carbonyl (C=O) groups excluding carboxylic acids is 2. The third kappa shape index (κ3) is 4.43. The number of carbonyl (C=O) groups is 2. The topological polar surface area (TPSA) is 83.6 Å². The molecule has 21 heavy (non-hydrogen) atoms. The van der Waals surface area contributed by atoms with Gasteiger partial charge in [0.2, 0.25) is 11.8 Å². The second kappa shape index (κ2) is 6.77. The van der Waals surface area contributed by atoms with Crippen LogP contribution in [0, 0.1) is 5.41 Å². The number of hydrogen-bond donors (Lipinski definition) is 1. The number of unbranched alkanes of at least 4 members (excludes halogenated alkanes) is 1. The molecule has 0 spiro atoms. The van der Waals surface area contributed by atoms with Crippen molar-refractivity contribution in [3.05, 3.63) is 0 Å². The Bertz CT molecular complexity index is 499. The molecule has 1 fully saturated rings. The molecule has 1 N–H and O–H groups in total. The van der Waals surface area contributed by atoms with Crippen molar-refractivity contribution >= 4 is 21.7 Å². The normalized spacial score (nSPS) is 21.0. The van der Waals surface area contributed by atoms with Crippen molar-refractivity contribution in [1.82, 2.24) is 10.2 Å². The van der Waals surface area contributed by atoms with E-state index in [0.29, 0.717) is 13.0 Å². The zero-order valence-corrected chi connectivity index (χ0v) is 14.1. The summed E-state index contributed by atoms with van der Waals surface area (Å²) in [5.41, 5.74) is -1.19. The highest BCUT2D eigenvalue weighted by Crippen LogP contribution is 2.24. The van der Waals surface area contributed by atoms with Crippen LogP contribution in [0.25, 0.3) is 0 Å². The molecule has 0 aromatic rings. The van der Waals surface area contributed by atoms with Gasteiger partial charge in [0.05, 0.1) is 11.5 Å². The van der Waals surface area contributed by atoms with E-state index >= 15 is 0 Å². The van der Waals surface area contributed by atoms with E-state index in [0.717, 1.165) is 12.8 Å². The average Bonchev–Trinajstić information content (AvgIpc) is 2.77. The summed E-state index contributed by atoms with van der Waals surface area (Å²) in [4.78, 5) is 26.1. The maximum atomic E-state index is 12.5. The van der Waals surface area contributed by atoms with Gasteiger partial charge in [-0.2, -0.15) is 0 Å². The molecule has 1 unspecified atom stereocenters.